The molecule has 1 N–H and O–H groups in total. The second kappa shape index (κ2) is 8.95. The van der Waals surface area contributed by atoms with E-state index in [9.17, 15) is 23.3 Å². The quantitative estimate of drug-likeness (QED) is 0.402. The van der Waals surface area contributed by atoms with Gasteiger partial charge in [0.25, 0.3) is 11.6 Å². The van der Waals surface area contributed by atoms with Crippen LogP contribution in [-0.4, -0.2) is 45.4 Å². The van der Waals surface area contributed by atoms with Gasteiger partial charge in [0.2, 0.25) is 10.0 Å². The molecule has 11 heteroatoms. The number of hydrogen-bond acceptors (Lipinski definition) is 7. The molecule has 0 saturated carbocycles. The molecule has 0 aliphatic rings. The minimum absolute atomic E-state index is 0.114. The molecule has 0 atom stereocenters. The molecule has 2 aromatic carbocycles. The van der Waals surface area contributed by atoms with Crippen LogP contribution >= 0.6 is 0 Å². The van der Waals surface area contributed by atoms with Gasteiger partial charge in [0.05, 0.1) is 30.2 Å². The molecule has 2 aromatic rings. The van der Waals surface area contributed by atoms with Gasteiger partial charge in [-0.3, -0.25) is 19.2 Å². The summed E-state index contributed by atoms with van der Waals surface area (Å²) in [6.45, 7) is -0.502. The summed E-state index contributed by atoms with van der Waals surface area (Å²) in [5.74, 6) is -0.245. The highest BCUT2D eigenvalue weighted by atomic mass is 32.2. The van der Waals surface area contributed by atoms with Crippen molar-refractivity contribution in [3.05, 3.63) is 64.2 Å². The van der Waals surface area contributed by atoms with Crippen LogP contribution in [0.1, 0.15) is 5.56 Å². The van der Waals surface area contributed by atoms with Gasteiger partial charge in [-0.15, -0.1) is 0 Å². The first kappa shape index (κ1) is 20.8. The molecule has 148 valence electrons. The molecule has 28 heavy (non-hydrogen) atoms. The lowest BCUT2D eigenvalue weighted by Gasteiger charge is -2.21. The number of rotatable bonds is 8. The standard InChI is InChI=1S/C17H18N4O6S/c1-27-16-8-4-6-14(10-16)20(28(2,25)26)12-17(22)19-18-11-13-5-3-7-15(9-13)21(23)24/h3-11H,12H2,1-2H3,(H,19,22)/b18-11-. The van der Waals surface area contributed by atoms with Crippen LogP contribution in [0, 0.1) is 10.1 Å². The lowest BCUT2D eigenvalue weighted by molar-refractivity contribution is -0.384. The van der Waals surface area contributed by atoms with Crippen LogP contribution in [-0.2, 0) is 14.8 Å². The first-order valence-electron chi connectivity index (χ1n) is 7.89. The molecular formula is C17H18N4O6S. The monoisotopic (exact) mass is 406 g/mol. The maximum absolute atomic E-state index is 12.1. The average molecular weight is 406 g/mol. The molecule has 1 amide bonds. The summed E-state index contributed by atoms with van der Waals surface area (Å²) in [5.41, 5.74) is 2.76. The van der Waals surface area contributed by atoms with Crippen molar-refractivity contribution in [3.63, 3.8) is 0 Å². The molecule has 0 aromatic heterocycles. The van der Waals surface area contributed by atoms with Crippen molar-refractivity contribution in [2.24, 2.45) is 5.10 Å². The highest BCUT2D eigenvalue weighted by molar-refractivity contribution is 7.92. The summed E-state index contributed by atoms with van der Waals surface area (Å²) in [6, 6.07) is 11.9. The largest absolute Gasteiger partial charge is 0.497 e. The SMILES string of the molecule is COc1cccc(N(CC(=O)N/N=C\c2cccc([N+](=O)[O-])c2)S(C)(=O)=O)c1. The zero-order valence-electron chi connectivity index (χ0n) is 15.1. The van der Waals surface area contributed by atoms with Crippen molar-refractivity contribution >= 4 is 33.5 Å². The van der Waals surface area contributed by atoms with Gasteiger partial charge >= 0.3 is 0 Å². The minimum Gasteiger partial charge on any atom is -0.497 e. The lowest BCUT2D eigenvalue weighted by Crippen LogP contribution is -2.39. The summed E-state index contributed by atoms with van der Waals surface area (Å²) >= 11 is 0. The van der Waals surface area contributed by atoms with Crippen molar-refractivity contribution in [1.82, 2.24) is 5.43 Å². The first-order valence-corrected chi connectivity index (χ1v) is 9.73. The summed E-state index contributed by atoms with van der Waals surface area (Å²) in [5, 5.41) is 14.5. The predicted molar refractivity (Wildman–Crippen MR) is 104 cm³/mol. The number of methoxy groups -OCH3 is 1. The van der Waals surface area contributed by atoms with Crippen LogP contribution in [0.5, 0.6) is 5.75 Å². The van der Waals surface area contributed by atoms with E-state index in [1.54, 1.807) is 18.2 Å². The average Bonchev–Trinajstić information content (AvgIpc) is 2.65. The van der Waals surface area contributed by atoms with Crippen LogP contribution < -0.4 is 14.5 Å². The Kier molecular flexibility index (Phi) is 6.66. The fraction of sp³-hybridized carbons (Fsp3) is 0.176. The number of nitro benzene ring substituents is 1. The normalized spacial score (nSPS) is 11.2. The van der Waals surface area contributed by atoms with E-state index >= 15 is 0 Å². The van der Waals surface area contributed by atoms with Crippen molar-refractivity contribution < 1.29 is 22.9 Å². The van der Waals surface area contributed by atoms with Crippen LogP contribution in [0.15, 0.2) is 53.6 Å². The smallest absolute Gasteiger partial charge is 0.270 e. The number of sulfonamides is 1. The molecule has 0 saturated heterocycles. The third-order valence-corrected chi connectivity index (χ3v) is 4.65. The van der Waals surface area contributed by atoms with Gasteiger partial charge in [-0.25, -0.2) is 13.8 Å². The molecule has 0 unspecified atom stereocenters. The van der Waals surface area contributed by atoms with E-state index in [1.165, 1.54) is 43.7 Å². The summed E-state index contributed by atoms with van der Waals surface area (Å²) in [7, 11) is -2.30. The number of hydrazone groups is 1. The van der Waals surface area contributed by atoms with E-state index < -0.39 is 27.4 Å². The van der Waals surface area contributed by atoms with Crippen molar-refractivity contribution in [1.29, 1.82) is 0 Å². The van der Waals surface area contributed by atoms with Crippen molar-refractivity contribution in [3.8, 4) is 5.75 Å². The number of amides is 1. The Hall–Kier alpha value is -3.47. The number of carbonyl (C=O) groups excluding carboxylic acids is 1. The summed E-state index contributed by atoms with van der Waals surface area (Å²) in [4.78, 5) is 22.3. The number of benzene rings is 2. The molecule has 2 rings (SSSR count). The second-order valence-electron chi connectivity index (χ2n) is 5.62. The number of nitrogens with zero attached hydrogens (tertiary/aromatic N) is 3. The molecule has 0 aliphatic heterocycles. The molecule has 0 bridgehead atoms. The third kappa shape index (κ3) is 5.77. The fourth-order valence-electron chi connectivity index (χ4n) is 2.23. The minimum atomic E-state index is -3.74. The maximum Gasteiger partial charge on any atom is 0.270 e. The van der Waals surface area contributed by atoms with Gasteiger partial charge in [0, 0.05) is 23.8 Å². The van der Waals surface area contributed by atoms with Crippen LogP contribution in [0.2, 0.25) is 0 Å². The Bertz CT molecular complexity index is 1010. The Morgan fingerprint density at radius 3 is 2.64 bits per heavy atom. The molecule has 10 nitrogen and oxygen atoms in total. The predicted octanol–water partition coefficient (Wildman–Crippen LogP) is 1.52. The Balaban J connectivity index is 2.10. The zero-order chi connectivity index (χ0) is 20.7. The number of ether oxygens (including phenoxy) is 1. The fourth-order valence-corrected chi connectivity index (χ4v) is 3.08. The van der Waals surface area contributed by atoms with Gasteiger partial charge in [-0.2, -0.15) is 5.10 Å². The number of nitro groups is 1. The molecule has 0 radical (unpaired) electrons. The molecule has 0 spiro atoms. The van der Waals surface area contributed by atoms with Gasteiger partial charge in [-0.1, -0.05) is 18.2 Å². The highest BCUT2D eigenvalue weighted by Gasteiger charge is 2.21. The van der Waals surface area contributed by atoms with Crippen LogP contribution in [0.25, 0.3) is 0 Å². The molecular weight excluding hydrogens is 388 g/mol. The van der Waals surface area contributed by atoms with E-state index in [1.807, 2.05) is 0 Å². The van der Waals surface area contributed by atoms with Gasteiger partial charge in [0.1, 0.15) is 12.3 Å². The number of anilines is 1. The number of non-ortho nitro benzene ring substituents is 1. The molecule has 0 fully saturated rings. The first-order chi connectivity index (χ1) is 13.2. The molecule has 0 heterocycles. The van der Waals surface area contributed by atoms with Crippen molar-refractivity contribution in [2.45, 2.75) is 0 Å². The van der Waals surface area contributed by atoms with Crippen LogP contribution in [0.4, 0.5) is 11.4 Å². The van der Waals surface area contributed by atoms with Crippen molar-refractivity contribution in [2.75, 3.05) is 24.2 Å². The van der Waals surface area contributed by atoms with E-state index in [4.69, 9.17) is 4.74 Å². The van der Waals surface area contributed by atoms with E-state index in [0.717, 1.165) is 10.6 Å². The van der Waals surface area contributed by atoms with E-state index in [-0.39, 0.29) is 11.4 Å². The Morgan fingerprint density at radius 1 is 1.29 bits per heavy atom. The van der Waals surface area contributed by atoms with E-state index in [2.05, 4.69) is 10.5 Å². The topological polar surface area (TPSA) is 131 Å². The zero-order valence-corrected chi connectivity index (χ0v) is 15.9. The van der Waals surface area contributed by atoms with Gasteiger partial charge in [0.15, 0.2) is 0 Å². The number of nitrogens with one attached hydrogen (secondary N) is 1. The third-order valence-electron chi connectivity index (χ3n) is 3.51. The van der Waals surface area contributed by atoms with Crippen LogP contribution in [0.3, 0.4) is 0 Å². The second-order valence-corrected chi connectivity index (χ2v) is 7.52. The maximum atomic E-state index is 12.1. The summed E-state index contributed by atoms with van der Waals surface area (Å²) in [6.07, 6.45) is 2.20. The lowest BCUT2D eigenvalue weighted by atomic mass is 10.2. The van der Waals surface area contributed by atoms with Gasteiger partial charge < -0.3 is 4.74 Å². The Labute approximate surface area is 161 Å². The summed E-state index contributed by atoms with van der Waals surface area (Å²) < 4.78 is 30.1. The highest BCUT2D eigenvalue weighted by Crippen LogP contribution is 2.22. The number of hydrogen-bond donors (Lipinski definition) is 1. The van der Waals surface area contributed by atoms with Gasteiger partial charge in [-0.05, 0) is 12.1 Å². The Morgan fingerprint density at radius 2 is 2.00 bits per heavy atom. The molecule has 0 aliphatic carbocycles. The number of carbonyl (C=O) groups is 1. The van der Waals surface area contributed by atoms with E-state index in [0.29, 0.717) is 11.3 Å².